The third-order valence-corrected chi connectivity index (χ3v) is 6.24. The van der Waals surface area contributed by atoms with E-state index in [0.717, 1.165) is 31.1 Å². The van der Waals surface area contributed by atoms with Gasteiger partial charge in [-0.25, -0.2) is 4.68 Å². The van der Waals surface area contributed by atoms with E-state index in [1.54, 1.807) is 11.3 Å². The predicted molar refractivity (Wildman–Crippen MR) is 84.8 cm³/mol. The summed E-state index contributed by atoms with van der Waals surface area (Å²) < 4.78 is 1.82. The first-order valence-corrected chi connectivity index (χ1v) is 9.33. The van der Waals surface area contributed by atoms with E-state index < -0.39 is 0 Å². The zero-order valence-corrected chi connectivity index (χ0v) is 13.7. The van der Waals surface area contributed by atoms with Crippen molar-refractivity contribution in [2.75, 3.05) is 6.54 Å². The van der Waals surface area contributed by atoms with E-state index >= 15 is 0 Å². The van der Waals surface area contributed by atoms with Crippen molar-refractivity contribution in [3.63, 3.8) is 0 Å². The van der Waals surface area contributed by atoms with Gasteiger partial charge in [-0.3, -0.25) is 4.79 Å². The Balaban J connectivity index is 1.39. The summed E-state index contributed by atoms with van der Waals surface area (Å²) in [6.45, 7) is 1.64. The average Bonchev–Trinajstić information content (AvgIpc) is 2.92. The molecular weight excluding hydrogens is 318 g/mol. The quantitative estimate of drug-likeness (QED) is 0.806. The summed E-state index contributed by atoms with van der Waals surface area (Å²) in [5, 5.41) is 14.8. The van der Waals surface area contributed by atoms with Crippen molar-refractivity contribution >= 4 is 29.0 Å². The van der Waals surface area contributed by atoms with E-state index in [1.165, 1.54) is 29.5 Å². The Morgan fingerprint density at radius 3 is 3.05 bits per heavy atom. The summed E-state index contributed by atoms with van der Waals surface area (Å²) in [5.74, 6) is 0.264. The molecular formula is C14H17N5OS2. The molecule has 1 saturated carbocycles. The van der Waals surface area contributed by atoms with Crippen molar-refractivity contribution in [1.82, 2.24) is 25.1 Å². The van der Waals surface area contributed by atoms with Crippen LogP contribution in [0.25, 0.3) is 0 Å². The molecule has 1 unspecified atom stereocenters. The smallest absolute Gasteiger partial charge is 0.236 e. The number of thiophene rings is 1. The first-order chi connectivity index (χ1) is 10.8. The maximum atomic E-state index is 12.4. The van der Waals surface area contributed by atoms with Gasteiger partial charge in [-0.2, -0.15) is 0 Å². The first kappa shape index (κ1) is 14.2. The van der Waals surface area contributed by atoms with Crippen molar-refractivity contribution < 1.29 is 4.79 Å². The van der Waals surface area contributed by atoms with Gasteiger partial charge in [0, 0.05) is 23.9 Å². The predicted octanol–water partition coefficient (Wildman–Crippen LogP) is 1.83. The molecule has 0 N–H and O–H groups in total. The zero-order valence-electron chi connectivity index (χ0n) is 12.1. The van der Waals surface area contributed by atoms with Gasteiger partial charge in [-0.1, -0.05) is 17.8 Å². The van der Waals surface area contributed by atoms with Crippen LogP contribution in [0.15, 0.2) is 22.7 Å². The summed E-state index contributed by atoms with van der Waals surface area (Å²) in [7, 11) is 0. The second-order valence-corrected chi connectivity index (χ2v) is 7.87. The molecule has 2 fully saturated rings. The molecule has 0 aromatic carbocycles. The molecule has 0 radical (unpaired) electrons. The lowest BCUT2D eigenvalue weighted by Gasteiger charge is -2.14. The van der Waals surface area contributed by atoms with Gasteiger partial charge in [-0.15, -0.1) is 16.4 Å². The molecule has 22 heavy (non-hydrogen) atoms. The van der Waals surface area contributed by atoms with Crippen molar-refractivity contribution in [2.24, 2.45) is 0 Å². The Morgan fingerprint density at radius 1 is 1.36 bits per heavy atom. The number of likely N-dealkylation sites (tertiary alicyclic amines) is 1. The Labute approximate surface area is 136 Å². The standard InChI is InChI=1S/C14H17N5OS2/c20-13-12(6-7-18(13)10-3-4-10)22-14-15-16-17-19(14)8-5-11-2-1-9-21-11/h1-2,9-10,12H,3-8H2. The highest BCUT2D eigenvalue weighted by molar-refractivity contribution is 8.00. The molecule has 1 aliphatic carbocycles. The fourth-order valence-corrected chi connectivity index (χ4v) is 4.50. The highest BCUT2D eigenvalue weighted by Crippen LogP contribution is 2.36. The van der Waals surface area contributed by atoms with E-state index in [0.29, 0.717) is 6.04 Å². The largest absolute Gasteiger partial charge is 0.339 e. The van der Waals surface area contributed by atoms with E-state index in [2.05, 4.69) is 33.0 Å². The molecule has 4 rings (SSSR count). The van der Waals surface area contributed by atoms with Crippen LogP contribution in [-0.2, 0) is 17.8 Å². The SMILES string of the molecule is O=C1C(Sc2nnnn2CCc2cccs2)CCN1C1CC1. The van der Waals surface area contributed by atoms with Crippen LogP contribution in [0.1, 0.15) is 24.1 Å². The lowest BCUT2D eigenvalue weighted by atomic mass is 10.3. The molecule has 2 aromatic rings. The monoisotopic (exact) mass is 335 g/mol. The molecule has 6 nitrogen and oxygen atoms in total. The summed E-state index contributed by atoms with van der Waals surface area (Å²) in [5.41, 5.74) is 0. The molecule has 8 heteroatoms. The van der Waals surface area contributed by atoms with Gasteiger partial charge in [0.25, 0.3) is 0 Å². The fourth-order valence-electron chi connectivity index (χ4n) is 2.75. The number of thioether (sulfide) groups is 1. The van der Waals surface area contributed by atoms with Crippen molar-refractivity contribution in [2.45, 2.75) is 48.7 Å². The van der Waals surface area contributed by atoms with Crippen LogP contribution in [0.5, 0.6) is 0 Å². The molecule has 116 valence electrons. The zero-order chi connectivity index (χ0) is 14.9. The molecule has 1 saturated heterocycles. The van der Waals surface area contributed by atoms with Gasteiger partial charge in [0.1, 0.15) is 0 Å². The minimum absolute atomic E-state index is 0.0212. The second kappa shape index (κ2) is 6.00. The summed E-state index contributed by atoms with van der Waals surface area (Å²) in [4.78, 5) is 15.8. The average molecular weight is 335 g/mol. The molecule has 3 heterocycles. The number of amides is 1. The van der Waals surface area contributed by atoms with E-state index in [4.69, 9.17) is 0 Å². The van der Waals surface area contributed by atoms with Gasteiger partial charge < -0.3 is 4.90 Å². The molecule has 1 aliphatic heterocycles. The second-order valence-electron chi connectivity index (χ2n) is 5.67. The number of rotatable bonds is 6. The normalized spacial score (nSPS) is 21.7. The molecule has 0 spiro atoms. The molecule has 1 amide bonds. The number of carbonyl (C=O) groups excluding carboxylic acids is 1. The Hall–Kier alpha value is -1.41. The maximum Gasteiger partial charge on any atom is 0.236 e. The Kier molecular flexibility index (Phi) is 3.87. The van der Waals surface area contributed by atoms with Crippen LogP contribution in [0, 0.1) is 0 Å². The number of tetrazole rings is 1. The minimum atomic E-state index is -0.0212. The van der Waals surface area contributed by atoms with E-state index in [1.807, 2.05) is 9.58 Å². The van der Waals surface area contributed by atoms with Crippen LogP contribution in [0.4, 0.5) is 0 Å². The minimum Gasteiger partial charge on any atom is -0.339 e. The summed E-state index contributed by atoms with van der Waals surface area (Å²) in [6.07, 6.45) is 4.16. The van der Waals surface area contributed by atoms with Crippen molar-refractivity contribution in [3.8, 4) is 0 Å². The Morgan fingerprint density at radius 2 is 2.27 bits per heavy atom. The number of hydrogen-bond acceptors (Lipinski definition) is 6. The van der Waals surface area contributed by atoms with Gasteiger partial charge in [0.15, 0.2) is 0 Å². The molecule has 2 aliphatic rings. The highest BCUT2D eigenvalue weighted by atomic mass is 32.2. The molecule has 0 bridgehead atoms. The van der Waals surface area contributed by atoms with Gasteiger partial charge >= 0.3 is 0 Å². The third kappa shape index (κ3) is 2.89. The lowest BCUT2D eigenvalue weighted by Crippen LogP contribution is -2.30. The van der Waals surface area contributed by atoms with Crippen LogP contribution in [-0.4, -0.2) is 48.9 Å². The van der Waals surface area contributed by atoms with Gasteiger partial charge in [-0.05, 0) is 41.1 Å². The highest BCUT2D eigenvalue weighted by Gasteiger charge is 2.41. The third-order valence-electron chi connectivity index (χ3n) is 4.08. The summed E-state index contributed by atoms with van der Waals surface area (Å²) >= 11 is 3.26. The first-order valence-electron chi connectivity index (χ1n) is 7.57. The number of aryl methyl sites for hydroxylation is 2. The van der Waals surface area contributed by atoms with E-state index in [9.17, 15) is 4.79 Å². The number of aromatic nitrogens is 4. The van der Waals surface area contributed by atoms with Crippen LogP contribution in [0.3, 0.4) is 0 Å². The number of nitrogens with zero attached hydrogens (tertiary/aromatic N) is 5. The van der Waals surface area contributed by atoms with Gasteiger partial charge in [0.2, 0.25) is 11.1 Å². The summed E-state index contributed by atoms with van der Waals surface area (Å²) in [6, 6.07) is 4.68. The number of hydrogen-bond donors (Lipinski definition) is 0. The molecule has 1 atom stereocenters. The van der Waals surface area contributed by atoms with Gasteiger partial charge in [0.05, 0.1) is 11.8 Å². The van der Waals surface area contributed by atoms with Crippen molar-refractivity contribution in [1.29, 1.82) is 0 Å². The van der Waals surface area contributed by atoms with Crippen LogP contribution in [0.2, 0.25) is 0 Å². The van der Waals surface area contributed by atoms with E-state index in [-0.39, 0.29) is 11.2 Å². The van der Waals surface area contributed by atoms with Crippen LogP contribution < -0.4 is 0 Å². The molecule has 2 aromatic heterocycles. The topological polar surface area (TPSA) is 63.9 Å². The maximum absolute atomic E-state index is 12.4. The van der Waals surface area contributed by atoms with Crippen molar-refractivity contribution in [3.05, 3.63) is 22.4 Å². The van der Waals surface area contributed by atoms with Crippen LogP contribution >= 0.6 is 23.1 Å². The lowest BCUT2D eigenvalue weighted by molar-refractivity contribution is -0.127. The fraction of sp³-hybridized carbons (Fsp3) is 0.571. The number of carbonyl (C=O) groups is 1. The Bertz CT molecular complexity index is 652.